The summed E-state index contributed by atoms with van der Waals surface area (Å²) in [6.07, 6.45) is -0.424. The Morgan fingerprint density at radius 2 is 1.70 bits per heavy atom. The molecule has 1 aliphatic heterocycles. The van der Waals surface area contributed by atoms with Gasteiger partial charge in [0, 0.05) is 29.3 Å². The second kappa shape index (κ2) is 13.6. The predicted octanol–water partition coefficient (Wildman–Crippen LogP) is -7.60. The van der Waals surface area contributed by atoms with E-state index in [1.165, 1.54) is 0 Å². The van der Waals surface area contributed by atoms with Gasteiger partial charge in [0.1, 0.15) is 17.5 Å². The van der Waals surface area contributed by atoms with Crippen molar-refractivity contribution in [2.24, 2.45) is 11.8 Å². The smallest absolute Gasteiger partial charge is 0.748 e. The van der Waals surface area contributed by atoms with Gasteiger partial charge in [0.25, 0.3) is 0 Å². The average molecular weight is 527 g/mol. The molecule has 3 fully saturated rings. The molecule has 164 valence electrons. The van der Waals surface area contributed by atoms with Gasteiger partial charge in [-0.05, 0) is 31.6 Å². The van der Waals surface area contributed by atoms with E-state index in [4.69, 9.17) is 23.2 Å². The Morgan fingerprint density at radius 1 is 1.07 bits per heavy atom. The number of hydrogen-bond acceptors (Lipinski definition) is 12. The number of aliphatic hydroxyl groups excluding tert-OH is 1. The van der Waals surface area contributed by atoms with Crippen molar-refractivity contribution in [1.82, 2.24) is 21.3 Å². The molecule has 3 aliphatic rings. The summed E-state index contributed by atoms with van der Waals surface area (Å²) >= 11 is 12.9. The van der Waals surface area contributed by atoms with Gasteiger partial charge in [-0.1, -0.05) is 23.2 Å². The zero-order chi connectivity index (χ0) is 20.5. The molecule has 8 unspecified atom stereocenters. The van der Waals surface area contributed by atoms with Crippen molar-refractivity contribution in [3.05, 3.63) is 0 Å². The van der Waals surface area contributed by atoms with E-state index in [0.29, 0.717) is 12.8 Å². The van der Waals surface area contributed by atoms with E-state index in [0.717, 1.165) is 12.0 Å². The van der Waals surface area contributed by atoms with Crippen LogP contribution in [0.5, 0.6) is 0 Å². The first-order valence-corrected chi connectivity index (χ1v) is 11.9. The van der Waals surface area contributed by atoms with Crippen LogP contribution in [0.15, 0.2) is 0 Å². The molecule has 0 radical (unpaired) electrons. The fraction of sp³-hybridized carbons (Fsp3) is 1.00. The van der Waals surface area contributed by atoms with Crippen molar-refractivity contribution in [3.63, 3.8) is 0 Å². The van der Waals surface area contributed by atoms with Crippen LogP contribution in [0, 0.1) is 11.8 Å². The molecule has 2 aliphatic carbocycles. The SMILES string of the molecule is O=S(=O)([O-])C1CC(O)C2C(CC(SOO[O-])CC2NC2NC(Cl)NC(Cl)N2)C1.[Na+].[Na+]. The van der Waals surface area contributed by atoms with Gasteiger partial charge in [0.15, 0.2) is 0 Å². The molecular weight excluding hydrogens is 505 g/mol. The summed E-state index contributed by atoms with van der Waals surface area (Å²) in [6.45, 7) is 0. The molecule has 2 saturated carbocycles. The van der Waals surface area contributed by atoms with Crippen LogP contribution in [0.25, 0.3) is 0 Å². The van der Waals surface area contributed by atoms with E-state index in [9.17, 15) is 23.3 Å². The Morgan fingerprint density at radius 3 is 2.27 bits per heavy atom. The maximum atomic E-state index is 11.5. The van der Waals surface area contributed by atoms with Crippen LogP contribution < -0.4 is 85.6 Å². The molecule has 0 amide bonds. The number of halogens is 2. The van der Waals surface area contributed by atoms with E-state index in [1.54, 1.807) is 0 Å². The molecule has 11 nitrogen and oxygen atoms in total. The molecule has 0 aromatic rings. The van der Waals surface area contributed by atoms with E-state index in [1.807, 2.05) is 0 Å². The van der Waals surface area contributed by atoms with Crippen molar-refractivity contribution < 1.29 is 91.8 Å². The normalized spacial score (nSPS) is 41.8. The van der Waals surface area contributed by atoms with Gasteiger partial charge in [-0.2, -0.15) is 4.33 Å². The Hall–Kier alpha value is 2.52. The van der Waals surface area contributed by atoms with Crippen molar-refractivity contribution in [2.75, 3.05) is 0 Å². The van der Waals surface area contributed by atoms with Gasteiger partial charge in [0.2, 0.25) is 0 Å². The fourth-order valence-electron chi connectivity index (χ4n) is 4.50. The molecule has 0 spiro atoms. The zero-order valence-corrected chi connectivity index (χ0v) is 23.6. The quantitative estimate of drug-likeness (QED) is 0.0422. The summed E-state index contributed by atoms with van der Waals surface area (Å²) in [5, 5.41) is 35.0. The van der Waals surface area contributed by atoms with Crippen molar-refractivity contribution in [3.8, 4) is 0 Å². The summed E-state index contributed by atoms with van der Waals surface area (Å²) in [5.74, 6) is -0.541. The summed E-state index contributed by atoms with van der Waals surface area (Å²) in [4.78, 5) is 0. The second-order valence-corrected chi connectivity index (χ2v) is 10.8. The molecule has 17 heteroatoms. The number of fused-ring (bicyclic) bond motifs is 1. The maximum absolute atomic E-state index is 11.5. The van der Waals surface area contributed by atoms with Crippen LogP contribution >= 0.6 is 35.2 Å². The third kappa shape index (κ3) is 8.33. The van der Waals surface area contributed by atoms with Crippen LogP contribution in [0.2, 0.25) is 0 Å². The van der Waals surface area contributed by atoms with E-state index < -0.39 is 39.0 Å². The van der Waals surface area contributed by atoms with Crippen LogP contribution in [0.3, 0.4) is 0 Å². The number of aliphatic hydroxyl groups is 1. The van der Waals surface area contributed by atoms with Crippen LogP contribution in [0.1, 0.15) is 25.7 Å². The Bertz CT molecular complexity index is 637. The molecule has 8 atom stereocenters. The van der Waals surface area contributed by atoms with Gasteiger partial charge in [-0.3, -0.25) is 26.3 Å². The number of rotatable bonds is 6. The second-order valence-electron chi connectivity index (χ2n) is 7.25. The molecule has 30 heavy (non-hydrogen) atoms. The summed E-state index contributed by atoms with van der Waals surface area (Å²) in [6, 6.07) is -0.285. The molecule has 1 saturated heterocycles. The number of alkyl halides is 2. The van der Waals surface area contributed by atoms with E-state index in [2.05, 4.69) is 30.6 Å². The summed E-state index contributed by atoms with van der Waals surface area (Å²) in [7, 11) is -4.51. The van der Waals surface area contributed by atoms with Gasteiger partial charge in [-0.15, -0.1) is 0 Å². The Labute approximate surface area is 233 Å². The molecular formula is C13H22Cl2N4Na2O7S2. The minimum Gasteiger partial charge on any atom is -0.748 e. The van der Waals surface area contributed by atoms with Crippen molar-refractivity contribution in [2.45, 2.75) is 65.9 Å². The number of hydrogen-bond donors (Lipinski definition) is 5. The average Bonchev–Trinajstić information content (AvgIpc) is 2.57. The molecule has 0 aromatic heterocycles. The predicted molar refractivity (Wildman–Crippen MR) is 97.9 cm³/mol. The first kappa shape index (κ1) is 30.6. The van der Waals surface area contributed by atoms with Crippen molar-refractivity contribution >= 4 is 45.4 Å². The van der Waals surface area contributed by atoms with E-state index in [-0.39, 0.29) is 95.1 Å². The minimum atomic E-state index is -4.51. The number of nitrogens with one attached hydrogen (secondary N) is 4. The van der Waals surface area contributed by atoms with Gasteiger partial charge in [0.05, 0.1) is 21.5 Å². The molecule has 1 heterocycles. The fourth-order valence-corrected chi connectivity index (χ4v) is 6.74. The Balaban J connectivity index is 0.00000225. The summed E-state index contributed by atoms with van der Waals surface area (Å²) < 4.78 is 39.0. The maximum Gasteiger partial charge on any atom is 1.00 e. The first-order chi connectivity index (χ1) is 13.2. The largest absolute Gasteiger partial charge is 1.00 e. The minimum absolute atomic E-state index is 0. The standard InChI is InChI=1S/C13H24Cl2N4O7S2.2Na/c14-11-17-12(15)19-13(18-11)16-8-3-6(27-26-25-21)1-5-2-7(28(22,23)24)4-9(20)10(5)8;;/h5-13,16-21H,1-4H2,(H,22,23,24);;/q;2*+1/p-2. The third-order valence-corrected chi connectivity index (χ3v) is 8.01. The molecule has 0 aromatic carbocycles. The zero-order valence-electron chi connectivity index (χ0n) is 16.5. The first-order valence-electron chi connectivity index (χ1n) is 8.74. The topological polar surface area (TPSA) is 167 Å². The molecule has 0 bridgehead atoms. The van der Waals surface area contributed by atoms with Crippen molar-refractivity contribution in [1.29, 1.82) is 0 Å². The van der Waals surface area contributed by atoms with E-state index >= 15 is 0 Å². The van der Waals surface area contributed by atoms with Crippen LogP contribution in [0.4, 0.5) is 0 Å². The third-order valence-electron chi connectivity index (χ3n) is 5.52. The molecule has 3 rings (SSSR count). The molecule has 5 N–H and O–H groups in total. The van der Waals surface area contributed by atoms with Gasteiger partial charge < -0.3 is 14.9 Å². The summed E-state index contributed by atoms with van der Waals surface area (Å²) in [5.41, 5.74) is -1.18. The van der Waals surface area contributed by atoms with Gasteiger partial charge >= 0.3 is 59.1 Å². The van der Waals surface area contributed by atoms with Gasteiger partial charge in [-0.25, -0.2) is 8.42 Å². The Kier molecular flexibility index (Phi) is 13.8. The monoisotopic (exact) mass is 526 g/mol. The van der Waals surface area contributed by atoms with Crippen LogP contribution in [-0.2, 0) is 19.5 Å². The van der Waals surface area contributed by atoms with Crippen LogP contribution in [-0.4, -0.2) is 58.3 Å².